The SMILES string of the molecule is CCCCCCCCCOCCOCCOCCOCCCC(=O)OCCCCCC. The van der Waals surface area contributed by atoms with Crippen LogP contribution in [0.15, 0.2) is 0 Å². The third kappa shape index (κ3) is 27.3. The van der Waals surface area contributed by atoms with Gasteiger partial charge in [0.2, 0.25) is 0 Å². The molecule has 0 saturated carbocycles. The van der Waals surface area contributed by atoms with Crippen LogP contribution in [0.3, 0.4) is 0 Å². The van der Waals surface area contributed by atoms with Crippen molar-refractivity contribution in [2.24, 2.45) is 0 Å². The molecule has 0 bridgehead atoms. The van der Waals surface area contributed by atoms with Crippen LogP contribution in [0.2, 0.25) is 0 Å². The average molecular weight is 447 g/mol. The van der Waals surface area contributed by atoms with E-state index in [0.29, 0.717) is 65.7 Å². The van der Waals surface area contributed by atoms with Gasteiger partial charge >= 0.3 is 5.97 Å². The Morgan fingerprint density at radius 1 is 0.452 bits per heavy atom. The Labute approximate surface area is 191 Å². The average Bonchev–Trinajstić information content (AvgIpc) is 2.77. The van der Waals surface area contributed by atoms with Gasteiger partial charge in [0.25, 0.3) is 0 Å². The summed E-state index contributed by atoms with van der Waals surface area (Å²) < 4.78 is 27.2. The first kappa shape index (κ1) is 30.3. The molecule has 0 aromatic carbocycles. The fourth-order valence-electron chi connectivity index (χ4n) is 3.03. The zero-order chi connectivity index (χ0) is 22.7. The molecule has 6 nitrogen and oxygen atoms in total. The zero-order valence-electron chi connectivity index (χ0n) is 20.5. The van der Waals surface area contributed by atoms with Crippen molar-refractivity contribution in [3.63, 3.8) is 0 Å². The van der Waals surface area contributed by atoms with E-state index in [9.17, 15) is 4.79 Å². The van der Waals surface area contributed by atoms with Gasteiger partial charge < -0.3 is 23.7 Å². The largest absolute Gasteiger partial charge is 0.466 e. The lowest BCUT2D eigenvalue weighted by Crippen LogP contribution is -2.12. The number of hydrogen-bond acceptors (Lipinski definition) is 6. The highest BCUT2D eigenvalue weighted by Gasteiger charge is 2.02. The van der Waals surface area contributed by atoms with Gasteiger partial charge in [-0.25, -0.2) is 0 Å². The van der Waals surface area contributed by atoms with Crippen molar-refractivity contribution in [3.05, 3.63) is 0 Å². The highest BCUT2D eigenvalue weighted by atomic mass is 16.6. The maximum atomic E-state index is 11.5. The summed E-state index contributed by atoms with van der Waals surface area (Å²) in [4.78, 5) is 11.5. The van der Waals surface area contributed by atoms with Crippen molar-refractivity contribution in [1.82, 2.24) is 0 Å². The third-order valence-corrected chi connectivity index (χ3v) is 4.94. The maximum Gasteiger partial charge on any atom is 0.305 e. The number of carbonyl (C=O) groups excluding carboxylic acids is 1. The Bertz CT molecular complexity index is 351. The first-order valence-corrected chi connectivity index (χ1v) is 12.8. The van der Waals surface area contributed by atoms with Crippen molar-refractivity contribution in [1.29, 1.82) is 0 Å². The first-order chi connectivity index (χ1) is 15.3. The zero-order valence-corrected chi connectivity index (χ0v) is 20.5. The molecular formula is C25H50O6. The molecule has 0 fully saturated rings. The Balaban J connectivity index is 3.08. The molecule has 31 heavy (non-hydrogen) atoms. The number of esters is 1. The topological polar surface area (TPSA) is 63.2 Å². The van der Waals surface area contributed by atoms with Gasteiger partial charge in [-0.3, -0.25) is 4.79 Å². The van der Waals surface area contributed by atoms with Crippen LogP contribution in [0.1, 0.15) is 97.3 Å². The summed E-state index contributed by atoms with van der Waals surface area (Å²) in [6.45, 7) is 9.83. The molecule has 0 aliphatic rings. The Morgan fingerprint density at radius 3 is 1.39 bits per heavy atom. The van der Waals surface area contributed by atoms with Crippen molar-refractivity contribution in [2.45, 2.75) is 97.3 Å². The highest BCUT2D eigenvalue weighted by molar-refractivity contribution is 5.69. The van der Waals surface area contributed by atoms with Crippen molar-refractivity contribution < 1.29 is 28.5 Å². The monoisotopic (exact) mass is 446 g/mol. The Morgan fingerprint density at radius 2 is 0.839 bits per heavy atom. The second kappa shape index (κ2) is 27.3. The minimum absolute atomic E-state index is 0.125. The molecule has 0 rings (SSSR count). The van der Waals surface area contributed by atoms with Crippen LogP contribution in [0.4, 0.5) is 0 Å². The normalized spacial score (nSPS) is 11.2. The van der Waals surface area contributed by atoms with E-state index in [4.69, 9.17) is 23.7 Å². The second-order valence-electron chi connectivity index (χ2n) is 7.96. The van der Waals surface area contributed by atoms with Crippen LogP contribution in [0, 0.1) is 0 Å². The van der Waals surface area contributed by atoms with Crippen molar-refractivity contribution in [3.8, 4) is 0 Å². The highest BCUT2D eigenvalue weighted by Crippen LogP contribution is 2.06. The molecule has 0 aromatic rings. The molecule has 0 amide bonds. The predicted molar refractivity (Wildman–Crippen MR) is 126 cm³/mol. The molecule has 0 aliphatic carbocycles. The van der Waals surface area contributed by atoms with E-state index in [1.807, 2.05) is 0 Å². The molecule has 0 spiro atoms. The molecule has 0 N–H and O–H groups in total. The number of unbranched alkanes of at least 4 members (excludes halogenated alkanes) is 9. The Kier molecular flexibility index (Phi) is 26.7. The van der Waals surface area contributed by atoms with Gasteiger partial charge in [-0.1, -0.05) is 71.6 Å². The van der Waals surface area contributed by atoms with Crippen molar-refractivity contribution in [2.75, 3.05) is 59.5 Å². The number of ether oxygens (including phenoxy) is 5. The van der Waals surface area contributed by atoms with Crippen LogP contribution >= 0.6 is 0 Å². The van der Waals surface area contributed by atoms with Gasteiger partial charge in [0, 0.05) is 19.6 Å². The summed E-state index contributed by atoms with van der Waals surface area (Å²) in [5.74, 6) is -0.125. The lowest BCUT2D eigenvalue weighted by Gasteiger charge is -2.08. The summed E-state index contributed by atoms with van der Waals surface area (Å²) in [6.07, 6.45) is 14.7. The fraction of sp³-hybridized carbons (Fsp3) is 0.960. The first-order valence-electron chi connectivity index (χ1n) is 12.8. The molecule has 0 atom stereocenters. The van der Waals surface area contributed by atoms with Gasteiger partial charge in [0.05, 0.1) is 46.2 Å². The van der Waals surface area contributed by atoms with Crippen LogP contribution in [0.5, 0.6) is 0 Å². The van der Waals surface area contributed by atoms with Crippen LogP contribution in [-0.4, -0.2) is 65.4 Å². The summed E-state index contributed by atoms with van der Waals surface area (Å²) >= 11 is 0. The van der Waals surface area contributed by atoms with Gasteiger partial charge in [0.1, 0.15) is 0 Å². The molecule has 0 saturated heterocycles. The predicted octanol–water partition coefficient (Wildman–Crippen LogP) is 5.71. The standard InChI is InChI=1S/C25H50O6/c1-3-5-7-9-10-11-12-16-27-19-21-29-23-24-30-22-20-28-17-14-15-25(26)31-18-13-8-6-4-2/h3-24H2,1-2H3. The molecule has 0 aliphatic heterocycles. The molecular weight excluding hydrogens is 396 g/mol. The van der Waals surface area contributed by atoms with E-state index in [-0.39, 0.29) is 5.97 Å². The van der Waals surface area contributed by atoms with Gasteiger partial charge in [-0.15, -0.1) is 0 Å². The lowest BCUT2D eigenvalue weighted by atomic mass is 10.1. The minimum Gasteiger partial charge on any atom is -0.466 e. The van der Waals surface area contributed by atoms with E-state index in [0.717, 1.165) is 25.9 Å². The van der Waals surface area contributed by atoms with Crippen LogP contribution in [-0.2, 0) is 28.5 Å². The maximum absolute atomic E-state index is 11.5. The van der Waals surface area contributed by atoms with Crippen LogP contribution in [0.25, 0.3) is 0 Å². The van der Waals surface area contributed by atoms with E-state index in [1.54, 1.807) is 0 Å². The van der Waals surface area contributed by atoms with E-state index >= 15 is 0 Å². The molecule has 0 unspecified atom stereocenters. The second-order valence-corrected chi connectivity index (χ2v) is 7.96. The number of carbonyl (C=O) groups is 1. The smallest absolute Gasteiger partial charge is 0.305 e. The summed E-state index contributed by atoms with van der Waals surface area (Å²) in [7, 11) is 0. The minimum atomic E-state index is -0.125. The van der Waals surface area contributed by atoms with E-state index in [1.165, 1.54) is 51.4 Å². The van der Waals surface area contributed by atoms with E-state index in [2.05, 4.69) is 13.8 Å². The third-order valence-electron chi connectivity index (χ3n) is 4.94. The van der Waals surface area contributed by atoms with Gasteiger partial charge in [-0.05, 0) is 19.3 Å². The molecule has 0 radical (unpaired) electrons. The molecule has 0 heterocycles. The number of hydrogen-bond donors (Lipinski definition) is 0. The van der Waals surface area contributed by atoms with Crippen molar-refractivity contribution >= 4 is 5.97 Å². The number of rotatable bonds is 26. The van der Waals surface area contributed by atoms with E-state index < -0.39 is 0 Å². The van der Waals surface area contributed by atoms with Gasteiger partial charge in [-0.2, -0.15) is 0 Å². The summed E-state index contributed by atoms with van der Waals surface area (Å²) in [5.41, 5.74) is 0. The summed E-state index contributed by atoms with van der Waals surface area (Å²) in [6, 6.07) is 0. The molecule has 6 heteroatoms. The lowest BCUT2D eigenvalue weighted by molar-refractivity contribution is -0.144. The Hall–Kier alpha value is -0.690. The fourth-order valence-corrected chi connectivity index (χ4v) is 3.03. The molecule has 0 aromatic heterocycles. The molecule has 186 valence electrons. The quantitative estimate of drug-likeness (QED) is 0.125. The van der Waals surface area contributed by atoms with Gasteiger partial charge in [0.15, 0.2) is 0 Å². The summed E-state index contributed by atoms with van der Waals surface area (Å²) in [5, 5.41) is 0. The van der Waals surface area contributed by atoms with Crippen LogP contribution < -0.4 is 0 Å².